The van der Waals surface area contributed by atoms with Crippen LogP contribution in [-0.4, -0.2) is 51.4 Å². The zero-order chi connectivity index (χ0) is 24.1. The molecule has 3 N–H and O–H groups in total. The van der Waals surface area contributed by atoms with Crippen LogP contribution >= 0.6 is 11.6 Å². The quantitative estimate of drug-likeness (QED) is 0.414. The average molecular weight is 484 g/mol. The van der Waals surface area contributed by atoms with Crippen molar-refractivity contribution >= 4 is 44.9 Å². The van der Waals surface area contributed by atoms with Gasteiger partial charge in [0.25, 0.3) is 5.91 Å². The number of amides is 1. The summed E-state index contributed by atoms with van der Waals surface area (Å²) in [5, 5.41) is 2.68. The third kappa shape index (κ3) is 5.70. The summed E-state index contributed by atoms with van der Waals surface area (Å²) in [5.41, 5.74) is 6.74. The number of methoxy groups -OCH3 is 1. The molecule has 0 aliphatic heterocycles. The normalized spacial score (nSPS) is 11.3. The maximum atomic E-state index is 12.8. The summed E-state index contributed by atoms with van der Waals surface area (Å²) in [7, 11) is -2.35. The van der Waals surface area contributed by atoms with Gasteiger partial charge in [0.2, 0.25) is 10.0 Å². The summed E-state index contributed by atoms with van der Waals surface area (Å²) in [6.07, 6.45) is 0. The van der Waals surface area contributed by atoms with Gasteiger partial charge in [-0.25, -0.2) is 13.2 Å². The van der Waals surface area contributed by atoms with Gasteiger partial charge in [0.05, 0.1) is 22.7 Å². The fourth-order valence-corrected chi connectivity index (χ4v) is 4.83. The number of anilines is 2. The van der Waals surface area contributed by atoms with Gasteiger partial charge in [-0.15, -0.1) is 0 Å². The largest absolute Gasteiger partial charge is 0.496 e. The van der Waals surface area contributed by atoms with E-state index in [1.54, 1.807) is 32.9 Å². The molecule has 0 spiro atoms. The van der Waals surface area contributed by atoms with Gasteiger partial charge in [-0.2, -0.15) is 4.31 Å². The molecule has 1 amide bonds. The lowest BCUT2D eigenvalue weighted by molar-refractivity contribution is -0.119. The van der Waals surface area contributed by atoms with Crippen molar-refractivity contribution in [3.63, 3.8) is 0 Å². The molecule has 2 rings (SSSR count). The van der Waals surface area contributed by atoms with Crippen LogP contribution < -0.4 is 15.8 Å². The number of ether oxygens (including phenoxy) is 2. The lowest BCUT2D eigenvalue weighted by Gasteiger charge is -2.20. The fourth-order valence-electron chi connectivity index (χ4n) is 2.96. The van der Waals surface area contributed by atoms with Gasteiger partial charge in [0.1, 0.15) is 11.3 Å². The Kier molecular flexibility index (Phi) is 8.48. The van der Waals surface area contributed by atoms with Gasteiger partial charge < -0.3 is 20.5 Å². The molecule has 0 radical (unpaired) electrons. The molecule has 32 heavy (non-hydrogen) atoms. The highest BCUT2D eigenvalue weighted by Crippen LogP contribution is 2.29. The van der Waals surface area contributed by atoms with Crippen LogP contribution in [0, 0.1) is 6.92 Å². The molecule has 0 fully saturated rings. The van der Waals surface area contributed by atoms with E-state index in [-0.39, 0.29) is 32.6 Å². The predicted octanol–water partition coefficient (Wildman–Crippen LogP) is 3.07. The van der Waals surface area contributed by atoms with E-state index in [2.05, 4.69) is 5.32 Å². The van der Waals surface area contributed by atoms with Crippen molar-refractivity contribution in [2.45, 2.75) is 25.7 Å². The van der Waals surface area contributed by atoms with E-state index < -0.39 is 28.5 Å². The first kappa shape index (κ1) is 25.4. The Hall–Kier alpha value is -2.82. The summed E-state index contributed by atoms with van der Waals surface area (Å²) >= 11 is 5.94. The van der Waals surface area contributed by atoms with Crippen LogP contribution in [0.25, 0.3) is 0 Å². The number of hydrogen-bond donors (Lipinski definition) is 2. The molecule has 0 aliphatic carbocycles. The maximum Gasteiger partial charge on any atom is 0.342 e. The molecule has 11 heteroatoms. The van der Waals surface area contributed by atoms with E-state index in [1.165, 1.54) is 29.6 Å². The van der Waals surface area contributed by atoms with E-state index >= 15 is 0 Å². The number of carbonyl (C=O) groups is 2. The van der Waals surface area contributed by atoms with Crippen molar-refractivity contribution in [2.75, 3.05) is 37.9 Å². The molecule has 0 bridgehead atoms. The van der Waals surface area contributed by atoms with Gasteiger partial charge in [-0.1, -0.05) is 31.5 Å². The van der Waals surface area contributed by atoms with E-state index in [4.69, 9.17) is 26.8 Å². The molecule has 0 saturated heterocycles. The second kappa shape index (κ2) is 10.7. The Balaban J connectivity index is 2.13. The molecule has 0 unspecified atom stereocenters. The number of hydrogen-bond acceptors (Lipinski definition) is 7. The topological polar surface area (TPSA) is 128 Å². The Morgan fingerprint density at radius 1 is 1.16 bits per heavy atom. The van der Waals surface area contributed by atoms with E-state index in [9.17, 15) is 18.0 Å². The predicted molar refractivity (Wildman–Crippen MR) is 123 cm³/mol. The Bertz CT molecular complexity index is 1120. The molecular formula is C21H26ClN3O6S. The summed E-state index contributed by atoms with van der Waals surface area (Å²) in [4.78, 5) is 24.7. The molecule has 0 saturated carbocycles. The highest BCUT2D eigenvalue weighted by Gasteiger charge is 2.24. The first-order chi connectivity index (χ1) is 15.0. The second-order valence-electron chi connectivity index (χ2n) is 6.77. The lowest BCUT2D eigenvalue weighted by Crippen LogP contribution is -2.31. The number of nitrogens with two attached hydrogens (primary N) is 1. The van der Waals surface area contributed by atoms with Gasteiger partial charge >= 0.3 is 5.97 Å². The minimum atomic E-state index is -3.71. The number of benzene rings is 2. The van der Waals surface area contributed by atoms with Crippen LogP contribution in [0.3, 0.4) is 0 Å². The summed E-state index contributed by atoms with van der Waals surface area (Å²) < 4.78 is 37.2. The van der Waals surface area contributed by atoms with Crippen molar-refractivity contribution in [3.05, 3.63) is 46.5 Å². The fraction of sp³-hybridized carbons (Fsp3) is 0.333. The van der Waals surface area contributed by atoms with Crippen molar-refractivity contribution < 1.29 is 27.5 Å². The van der Waals surface area contributed by atoms with E-state index in [0.29, 0.717) is 18.7 Å². The van der Waals surface area contributed by atoms with E-state index in [1.807, 2.05) is 0 Å². The Morgan fingerprint density at radius 3 is 2.41 bits per heavy atom. The number of aryl methyl sites for hydroxylation is 1. The maximum absolute atomic E-state index is 12.8. The standard InChI is InChI=1S/C21H26ClN3O6S/c1-5-25(6-2)32(28,29)19-9-14(8-7-13(19)3)24-20(26)12-31-21(27)15-10-16(22)17(23)11-18(15)30-4/h7-11H,5-6,12,23H2,1-4H3,(H,24,26). The second-order valence-corrected chi connectivity index (χ2v) is 9.08. The molecule has 0 heterocycles. The highest BCUT2D eigenvalue weighted by atomic mass is 35.5. The Labute approximate surface area is 192 Å². The average Bonchev–Trinajstić information content (AvgIpc) is 2.75. The lowest BCUT2D eigenvalue weighted by atomic mass is 10.2. The van der Waals surface area contributed by atoms with Crippen LogP contribution in [-0.2, 0) is 19.6 Å². The number of sulfonamides is 1. The number of nitrogen functional groups attached to an aromatic ring is 1. The minimum Gasteiger partial charge on any atom is -0.496 e. The number of carbonyl (C=O) groups excluding carboxylic acids is 2. The zero-order valence-corrected chi connectivity index (χ0v) is 19.8. The van der Waals surface area contributed by atoms with Crippen molar-refractivity contribution in [1.82, 2.24) is 4.31 Å². The first-order valence-corrected chi connectivity index (χ1v) is 11.6. The molecule has 2 aromatic rings. The van der Waals surface area contributed by atoms with Gasteiger partial charge in [-0.3, -0.25) is 4.79 Å². The van der Waals surface area contributed by atoms with Crippen molar-refractivity contribution in [2.24, 2.45) is 0 Å². The SMILES string of the molecule is CCN(CC)S(=O)(=O)c1cc(NC(=O)COC(=O)c2cc(Cl)c(N)cc2OC)ccc1C. The molecule has 0 aliphatic rings. The molecular weight excluding hydrogens is 458 g/mol. The number of esters is 1. The highest BCUT2D eigenvalue weighted by molar-refractivity contribution is 7.89. The molecule has 0 aromatic heterocycles. The van der Waals surface area contributed by atoms with Crippen molar-refractivity contribution in [3.8, 4) is 5.75 Å². The van der Waals surface area contributed by atoms with Crippen LogP contribution in [0.15, 0.2) is 35.2 Å². The zero-order valence-electron chi connectivity index (χ0n) is 18.3. The minimum absolute atomic E-state index is 0.0161. The Morgan fingerprint density at radius 2 is 1.81 bits per heavy atom. The monoisotopic (exact) mass is 483 g/mol. The molecule has 2 aromatic carbocycles. The molecule has 174 valence electrons. The molecule has 9 nitrogen and oxygen atoms in total. The summed E-state index contributed by atoms with van der Waals surface area (Å²) in [6.45, 7) is 5.22. The van der Waals surface area contributed by atoms with Crippen molar-refractivity contribution in [1.29, 1.82) is 0 Å². The summed E-state index contributed by atoms with van der Waals surface area (Å²) in [5.74, 6) is -1.32. The third-order valence-electron chi connectivity index (χ3n) is 4.67. The van der Waals surface area contributed by atoms with Gasteiger partial charge in [0.15, 0.2) is 6.61 Å². The van der Waals surface area contributed by atoms with Crippen LogP contribution in [0.2, 0.25) is 5.02 Å². The number of halogens is 1. The smallest absolute Gasteiger partial charge is 0.342 e. The summed E-state index contributed by atoms with van der Waals surface area (Å²) in [6, 6.07) is 7.22. The number of rotatable bonds is 9. The third-order valence-corrected chi connectivity index (χ3v) is 7.19. The van der Waals surface area contributed by atoms with Crippen LogP contribution in [0.1, 0.15) is 29.8 Å². The van der Waals surface area contributed by atoms with Crippen LogP contribution in [0.4, 0.5) is 11.4 Å². The molecule has 0 atom stereocenters. The first-order valence-electron chi connectivity index (χ1n) is 9.75. The van der Waals surface area contributed by atoms with E-state index in [0.717, 1.165) is 0 Å². The number of nitrogens with zero attached hydrogens (tertiary/aromatic N) is 1. The van der Waals surface area contributed by atoms with Gasteiger partial charge in [0, 0.05) is 24.8 Å². The van der Waals surface area contributed by atoms with Crippen LogP contribution in [0.5, 0.6) is 5.75 Å². The van der Waals surface area contributed by atoms with Gasteiger partial charge in [-0.05, 0) is 30.7 Å². The number of nitrogens with one attached hydrogen (secondary N) is 1.